The van der Waals surface area contributed by atoms with Crippen LogP contribution in [-0.2, 0) is 13.8 Å². The van der Waals surface area contributed by atoms with Crippen molar-refractivity contribution in [3.05, 3.63) is 28.2 Å². The predicted molar refractivity (Wildman–Crippen MR) is 80.6 cm³/mol. The Morgan fingerprint density at radius 1 is 1.45 bits per heavy atom. The van der Waals surface area contributed by atoms with E-state index in [9.17, 15) is 13.2 Å². The standard InChI is InChI=1S/C12H15BrClNO4S/c1-3-19-8(2)7-15-12(16)9-4-10(13)6-11(5-9)20(14,17)18/h4-6,8H,3,7H2,1-2H3,(H,15,16). The van der Waals surface area contributed by atoms with E-state index >= 15 is 0 Å². The first-order chi connectivity index (χ1) is 9.24. The number of halogens is 2. The topological polar surface area (TPSA) is 72.5 Å². The van der Waals surface area contributed by atoms with E-state index in [1.54, 1.807) is 0 Å². The van der Waals surface area contributed by atoms with E-state index in [-0.39, 0.29) is 22.5 Å². The van der Waals surface area contributed by atoms with Crippen molar-refractivity contribution < 1.29 is 17.9 Å². The zero-order valence-electron chi connectivity index (χ0n) is 11.0. The summed E-state index contributed by atoms with van der Waals surface area (Å²) in [6.07, 6.45) is -0.118. The number of rotatable bonds is 6. The number of benzene rings is 1. The molecule has 0 aliphatic heterocycles. The molecule has 0 saturated carbocycles. The minimum absolute atomic E-state index is 0.118. The summed E-state index contributed by atoms with van der Waals surface area (Å²) >= 11 is 3.15. The SMILES string of the molecule is CCOC(C)CNC(=O)c1cc(Br)cc(S(=O)(=O)Cl)c1. The zero-order valence-corrected chi connectivity index (χ0v) is 14.2. The second kappa shape index (κ2) is 7.40. The Labute approximate surface area is 131 Å². The van der Waals surface area contributed by atoms with Crippen molar-refractivity contribution in [2.45, 2.75) is 24.8 Å². The fourth-order valence-electron chi connectivity index (χ4n) is 1.52. The molecule has 1 unspecified atom stereocenters. The molecule has 1 N–H and O–H groups in total. The van der Waals surface area contributed by atoms with Crippen molar-refractivity contribution in [2.24, 2.45) is 0 Å². The minimum Gasteiger partial charge on any atom is -0.377 e. The maximum atomic E-state index is 12.0. The van der Waals surface area contributed by atoms with Crippen LogP contribution < -0.4 is 5.32 Å². The van der Waals surface area contributed by atoms with E-state index in [0.717, 1.165) is 0 Å². The quantitative estimate of drug-likeness (QED) is 0.765. The van der Waals surface area contributed by atoms with Crippen molar-refractivity contribution in [1.29, 1.82) is 0 Å². The van der Waals surface area contributed by atoms with Crippen LogP contribution in [0, 0.1) is 0 Å². The van der Waals surface area contributed by atoms with Gasteiger partial charge in [-0.1, -0.05) is 15.9 Å². The van der Waals surface area contributed by atoms with Crippen LogP contribution in [0.1, 0.15) is 24.2 Å². The van der Waals surface area contributed by atoms with Crippen LogP contribution in [0.3, 0.4) is 0 Å². The third kappa shape index (κ3) is 5.40. The monoisotopic (exact) mass is 383 g/mol. The van der Waals surface area contributed by atoms with Gasteiger partial charge in [0.2, 0.25) is 0 Å². The van der Waals surface area contributed by atoms with Crippen LogP contribution >= 0.6 is 26.6 Å². The Bertz CT molecular complexity index is 591. The Kier molecular flexibility index (Phi) is 6.44. The number of carbonyl (C=O) groups is 1. The largest absolute Gasteiger partial charge is 0.377 e. The molecule has 0 spiro atoms. The molecular weight excluding hydrogens is 370 g/mol. The molecule has 20 heavy (non-hydrogen) atoms. The van der Waals surface area contributed by atoms with E-state index in [1.165, 1.54) is 18.2 Å². The van der Waals surface area contributed by atoms with Gasteiger partial charge in [-0.05, 0) is 32.0 Å². The van der Waals surface area contributed by atoms with E-state index in [0.29, 0.717) is 17.6 Å². The summed E-state index contributed by atoms with van der Waals surface area (Å²) in [4.78, 5) is 11.8. The Hall–Kier alpha value is -0.630. The van der Waals surface area contributed by atoms with Crippen LogP contribution in [0.5, 0.6) is 0 Å². The molecule has 0 heterocycles. The number of ether oxygens (including phenoxy) is 1. The maximum Gasteiger partial charge on any atom is 0.261 e. The van der Waals surface area contributed by atoms with E-state index in [4.69, 9.17) is 15.4 Å². The van der Waals surface area contributed by atoms with Crippen LogP contribution in [-0.4, -0.2) is 33.6 Å². The fraction of sp³-hybridized carbons (Fsp3) is 0.417. The summed E-state index contributed by atoms with van der Waals surface area (Å²) in [7, 11) is 1.39. The molecule has 0 aliphatic carbocycles. The first kappa shape index (κ1) is 17.4. The van der Waals surface area contributed by atoms with Gasteiger partial charge in [0.25, 0.3) is 15.0 Å². The zero-order chi connectivity index (χ0) is 15.3. The molecule has 0 aliphatic rings. The van der Waals surface area contributed by atoms with Gasteiger partial charge in [0, 0.05) is 33.9 Å². The number of nitrogens with one attached hydrogen (secondary N) is 1. The van der Waals surface area contributed by atoms with Gasteiger partial charge in [-0.15, -0.1) is 0 Å². The summed E-state index contributed by atoms with van der Waals surface area (Å²) in [5.74, 6) is -0.389. The molecule has 0 bridgehead atoms. The number of amides is 1. The maximum absolute atomic E-state index is 12.0. The van der Waals surface area contributed by atoms with Gasteiger partial charge in [0.05, 0.1) is 11.0 Å². The highest BCUT2D eigenvalue weighted by Gasteiger charge is 2.15. The lowest BCUT2D eigenvalue weighted by Gasteiger charge is -2.13. The molecule has 1 rings (SSSR count). The number of carbonyl (C=O) groups excluding carboxylic acids is 1. The van der Waals surface area contributed by atoms with Gasteiger partial charge in [0.1, 0.15) is 0 Å². The molecule has 1 atom stereocenters. The fourth-order valence-corrected chi connectivity index (χ4v) is 2.96. The van der Waals surface area contributed by atoms with E-state index in [2.05, 4.69) is 21.2 Å². The minimum atomic E-state index is -3.88. The highest BCUT2D eigenvalue weighted by Crippen LogP contribution is 2.22. The lowest BCUT2D eigenvalue weighted by atomic mass is 10.2. The first-order valence-electron chi connectivity index (χ1n) is 5.89. The van der Waals surface area contributed by atoms with Crippen molar-refractivity contribution >= 4 is 41.6 Å². The second-order valence-electron chi connectivity index (χ2n) is 4.09. The Morgan fingerprint density at radius 2 is 2.10 bits per heavy atom. The average molecular weight is 385 g/mol. The van der Waals surface area contributed by atoms with Crippen molar-refractivity contribution in [2.75, 3.05) is 13.2 Å². The molecule has 0 radical (unpaired) electrons. The van der Waals surface area contributed by atoms with Gasteiger partial charge < -0.3 is 10.1 Å². The highest BCUT2D eigenvalue weighted by molar-refractivity contribution is 9.10. The van der Waals surface area contributed by atoms with Gasteiger partial charge in [-0.3, -0.25) is 4.79 Å². The summed E-state index contributed by atoms with van der Waals surface area (Å²) in [5.41, 5.74) is 0.210. The Balaban J connectivity index is 2.86. The van der Waals surface area contributed by atoms with Gasteiger partial charge in [0.15, 0.2) is 0 Å². The summed E-state index contributed by atoms with van der Waals surface area (Å²) in [5, 5.41) is 2.67. The number of hydrogen-bond acceptors (Lipinski definition) is 4. The average Bonchev–Trinajstić information content (AvgIpc) is 2.34. The second-order valence-corrected chi connectivity index (χ2v) is 7.57. The molecule has 1 amide bonds. The van der Waals surface area contributed by atoms with Crippen molar-refractivity contribution in [1.82, 2.24) is 5.32 Å². The molecule has 0 aromatic heterocycles. The molecule has 0 fully saturated rings. The molecule has 1 aromatic rings. The van der Waals surface area contributed by atoms with Crippen molar-refractivity contribution in [3.63, 3.8) is 0 Å². The molecular formula is C12H15BrClNO4S. The third-order valence-corrected chi connectivity index (χ3v) is 4.21. The van der Waals surface area contributed by atoms with Crippen molar-refractivity contribution in [3.8, 4) is 0 Å². The molecule has 1 aromatic carbocycles. The summed E-state index contributed by atoms with van der Waals surface area (Å²) in [6, 6.07) is 4.09. The molecule has 5 nitrogen and oxygen atoms in total. The lowest BCUT2D eigenvalue weighted by molar-refractivity contribution is 0.0695. The van der Waals surface area contributed by atoms with Crippen LogP contribution in [0.4, 0.5) is 0 Å². The third-order valence-electron chi connectivity index (χ3n) is 2.42. The predicted octanol–water partition coefficient (Wildman–Crippen LogP) is 2.53. The lowest BCUT2D eigenvalue weighted by Crippen LogP contribution is -2.32. The molecule has 8 heteroatoms. The van der Waals surface area contributed by atoms with Gasteiger partial charge in [-0.2, -0.15) is 0 Å². The number of hydrogen-bond donors (Lipinski definition) is 1. The normalized spacial score (nSPS) is 13.0. The van der Waals surface area contributed by atoms with E-state index < -0.39 is 9.05 Å². The van der Waals surface area contributed by atoms with Crippen LogP contribution in [0.2, 0.25) is 0 Å². The van der Waals surface area contributed by atoms with Gasteiger partial charge in [-0.25, -0.2) is 8.42 Å². The first-order valence-corrected chi connectivity index (χ1v) is 8.99. The van der Waals surface area contributed by atoms with E-state index in [1.807, 2.05) is 13.8 Å². The smallest absolute Gasteiger partial charge is 0.261 e. The van der Waals surface area contributed by atoms with Crippen LogP contribution in [0.25, 0.3) is 0 Å². The summed E-state index contributed by atoms with van der Waals surface area (Å²) in [6.45, 7) is 4.59. The molecule has 0 saturated heterocycles. The van der Waals surface area contributed by atoms with Crippen LogP contribution in [0.15, 0.2) is 27.6 Å². The van der Waals surface area contributed by atoms with Gasteiger partial charge >= 0.3 is 0 Å². The Morgan fingerprint density at radius 3 is 2.65 bits per heavy atom. The summed E-state index contributed by atoms with van der Waals surface area (Å²) < 4.78 is 28.4. The highest BCUT2D eigenvalue weighted by atomic mass is 79.9. The molecule has 112 valence electrons.